The van der Waals surface area contributed by atoms with Crippen LogP contribution in [0.15, 0.2) is 4.99 Å². The molecule has 0 aromatic carbocycles. The summed E-state index contributed by atoms with van der Waals surface area (Å²) in [6.07, 6.45) is 2.22. The van der Waals surface area contributed by atoms with Gasteiger partial charge in [-0.2, -0.15) is 0 Å². The van der Waals surface area contributed by atoms with E-state index >= 15 is 0 Å². The number of hydrogen-bond acceptors (Lipinski definition) is 3. The van der Waals surface area contributed by atoms with E-state index in [9.17, 15) is 0 Å². The quantitative estimate of drug-likeness (QED) is 0.252. The summed E-state index contributed by atoms with van der Waals surface area (Å²) in [6, 6.07) is 0. The van der Waals surface area contributed by atoms with E-state index in [1.165, 1.54) is 6.42 Å². The zero-order valence-corrected chi connectivity index (χ0v) is 11.3. The zero-order valence-electron chi connectivity index (χ0n) is 11.3. The van der Waals surface area contributed by atoms with Gasteiger partial charge >= 0.3 is 0 Å². The van der Waals surface area contributed by atoms with E-state index in [4.69, 9.17) is 10.6 Å². The van der Waals surface area contributed by atoms with E-state index in [2.05, 4.69) is 29.2 Å². The number of likely N-dealkylation sites (tertiary alicyclic amines) is 1. The summed E-state index contributed by atoms with van der Waals surface area (Å²) in [6.45, 7) is 8.14. The van der Waals surface area contributed by atoms with Crippen molar-refractivity contribution in [3.8, 4) is 0 Å². The van der Waals surface area contributed by atoms with Crippen molar-refractivity contribution in [3.63, 3.8) is 0 Å². The van der Waals surface area contributed by atoms with Crippen LogP contribution in [0.2, 0.25) is 0 Å². The molecule has 0 aliphatic carbocycles. The molecule has 5 nitrogen and oxygen atoms in total. The Morgan fingerprint density at radius 2 is 2.06 bits per heavy atom. The third kappa shape index (κ3) is 4.91. The fourth-order valence-electron chi connectivity index (χ4n) is 2.47. The van der Waals surface area contributed by atoms with Crippen LogP contribution < -0.4 is 11.3 Å². The standard InChI is InChI=1S/C12H26N4O/c1-10-7-11(2)9-16(8-10)12(15-13)14-5-4-6-17-3/h10-11H,4-9,13H2,1-3H3,(H,14,15). The number of methoxy groups -OCH3 is 1. The Labute approximate surface area is 104 Å². The fourth-order valence-corrected chi connectivity index (χ4v) is 2.47. The Hall–Kier alpha value is -0.810. The molecular weight excluding hydrogens is 216 g/mol. The molecule has 0 saturated carbocycles. The van der Waals surface area contributed by atoms with Gasteiger partial charge in [0.1, 0.15) is 0 Å². The van der Waals surface area contributed by atoms with Gasteiger partial charge in [0.05, 0.1) is 0 Å². The van der Waals surface area contributed by atoms with Crippen molar-refractivity contribution in [2.24, 2.45) is 22.7 Å². The highest BCUT2D eigenvalue weighted by atomic mass is 16.5. The highest BCUT2D eigenvalue weighted by Gasteiger charge is 2.23. The molecular formula is C12H26N4O. The summed E-state index contributed by atoms with van der Waals surface area (Å²) in [7, 11) is 1.71. The molecule has 1 aliphatic heterocycles. The van der Waals surface area contributed by atoms with Crippen molar-refractivity contribution < 1.29 is 4.74 Å². The molecule has 17 heavy (non-hydrogen) atoms. The third-order valence-corrected chi connectivity index (χ3v) is 3.07. The van der Waals surface area contributed by atoms with Crippen LogP contribution in [0.4, 0.5) is 0 Å². The minimum Gasteiger partial charge on any atom is -0.385 e. The van der Waals surface area contributed by atoms with Crippen molar-refractivity contribution in [2.75, 3.05) is 33.4 Å². The van der Waals surface area contributed by atoms with Crippen LogP contribution in [-0.2, 0) is 4.74 Å². The maximum absolute atomic E-state index is 5.56. The van der Waals surface area contributed by atoms with Crippen molar-refractivity contribution in [3.05, 3.63) is 0 Å². The van der Waals surface area contributed by atoms with Crippen molar-refractivity contribution in [2.45, 2.75) is 26.7 Å². The van der Waals surface area contributed by atoms with Gasteiger partial charge in [0.15, 0.2) is 0 Å². The molecule has 0 aromatic heterocycles. The Bertz CT molecular complexity index is 235. The summed E-state index contributed by atoms with van der Waals surface area (Å²) in [4.78, 5) is 6.75. The maximum atomic E-state index is 5.56. The minimum atomic E-state index is 0.705. The molecule has 2 atom stereocenters. The molecule has 0 amide bonds. The first-order valence-electron chi connectivity index (χ1n) is 6.42. The lowest BCUT2D eigenvalue weighted by molar-refractivity contribution is 0.195. The Morgan fingerprint density at radius 1 is 1.41 bits per heavy atom. The number of nitrogens with one attached hydrogen (secondary N) is 1. The molecule has 100 valence electrons. The van der Waals surface area contributed by atoms with E-state index in [1.807, 2.05) is 0 Å². The van der Waals surface area contributed by atoms with Crippen LogP contribution >= 0.6 is 0 Å². The SMILES string of the molecule is COCCCN=C(NN)N1CC(C)CC(C)C1. The molecule has 2 unspecified atom stereocenters. The Kier molecular flexibility index (Phi) is 6.29. The summed E-state index contributed by atoms with van der Waals surface area (Å²) < 4.78 is 5.00. The van der Waals surface area contributed by atoms with Gasteiger partial charge in [0.25, 0.3) is 0 Å². The van der Waals surface area contributed by atoms with Crippen LogP contribution in [0.25, 0.3) is 0 Å². The van der Waals surface area contributed by atoms with Gasteiger partial charge in [-0.1, -0.05) is 13.8 Å². The lowest BCUT2D eigenvalue weighted by Gasteiger charge is -2.36. The summed E-state index contributed by atoms with van der Waals surface area (Å²) >= 11 is 0. The average Bonchev–Trinajstić information content (AvgIpc) is 2.28. The van der Waals surface area contributed by atoms with E-state index in [0.717, 1.165) is 38.6 Å². The van der Waals surface area contributed by atoms with Crippen molar-refractivity contribution in [1.29, 1.82) is 0 Å². The second-order valence-corrected chi connectivity index (χ2v) is 5.05. The van der Waals surface area contributed by atoms with E-state index in [1.54, 1.807) is 7.11 Å². The first-order chi connectivity index (χ1) is 8.17. The van der Waals surface area contributed by atoms with Crippen LogP contribution in [0.5, 0.6) is 0 Å². The van der Waals surface area contributed by atoms with Crippen LogP contribution in [0.3, 0.4) is 0 Å². The highest BCUT2D eigenvalue weighted by Crippen LogP contribution is 2.20. The average molecular weight is 242 g/mol. The fraction of sp³-hybridized carbons (Fsp3) is 0.917. The summed E-state index contributed by atoms with van der Waals surface area (Å²) in [5.41, 5.74) is 2.72. The number of rotatable bonds is 4. The van der Waals surface area contributed by atoms with Gasteiger partial charge in [-0.3, -0.25) is 10.4 Å². The summed E-state index contributed by atoms with van der Waals surface area (Å²) in [5, 5.41) is 0. The molecule has 5 heteroatoms. The molecule has 0 radical (unpaired) electrons. The van der Waals surface area contributed by atoms with Crippen molar-refractivity contribution >= 4 is 5.96 Å². The van der Waals surface area contributed by atoms with Gasteiger partial charge in [-0.25, -0.2) is 5.84 Å². The molecule has 1 heterocycles. The second-order valence-electron chi connectivity index (χ2n) is 5.05. The number of nitrogens with zero attached hydrogens (tertiary/aromatic N) is 2. The second kappa shape index (κ2) is 7.50. The number of hydrogen-bond donors (Lipinski definition) is 2. The zero-order chi connectivity index (χ0) is 12.7. The van der Waals surface area contributed by atoms with Gasteiger partial charge in [-0.15, -0.1) is 0 Å². The number of ether oxygens (including phenoxy) is 1. The number of nitrogens with two attached hydrogens (primary N) is 1. The van der Waals surface area contributed by atoms with Crippen molar-refractivity contribution in [1.82, 2.24) is 10.3 Å². The van der Waals surface area contributed by atoms with Gasteiger partial charge < -0.3 is 9.64 Å². The first kappa shape index (κ1) is 14.3. The van der Waals surface area contributed by atoms with Crippen LogP contribution in [0, 0.1) is 11.8 Å². The monoisotopic (exact) mass is 242 g/mol. The van der Waals surface area contributed by atoms with Gasteiger partial charge in [0.2, 0.25) is 5.96 Å². The third-order valence-electron chi connectivity index (χ3n) is 3.07. The molecule has 1 fully saturated rings. The molecule has 1 saturated heterocycles. The number of guanidine groups is 1. The predicted octanol–water partition coefficient (Wildman–Crippen LogP) is 0.820. The maximum Gasteiger partial charge on any atom is 0.208 e. The summed E-state index contributed by atoms with van der Waals surface area (Å²) in [5.74, 6) is 7.78. The lowest BCUT2D eigenvalue weighted by atomic mass is 9.92. The Balaban J connectivity index is 2.47. The number of piperidine rings is 1. The normalized spacial score (nSPS) is 26.1. The first-order valence-corrected chi connectivity index (χ1v) is 6.42. The van der Waals surface area contributed by atoms with E-state index < -0.39 is 0 Å². The van der Waals surface area contributed by atoms with Crippen LogP contribution in [-0.4, -0.2) is 44.2 Å². The smallest absolute Gasteiger partial charge is 0.208 e. The number of aliphatic imine (C=N–C) groups is 1. The van der Waals surface area contributed by atoms with Gasteiger partial charge in [-0.05, 0) is 24.7 Å². The Morgan fingerprint density at radius 3 is 2.59 bits per heavy atom. The molecule has 0 aromatic rings. The molecule has 1 rings (SSSR count). The number of hydrazine groups is 1. The molecule has 3 N–H and O–H groups in total. The molecule has 1 aliphatic rings. The topological polar surface area (TPSA) is 62.9 Å². The predicted molar refractivity (Wildman–Crippen MR) is 70.6 cm³/mol. The minimum absolute atomic E-state index is 0.705. The largest absolute Gasteiger partial charge is 0.385 e. The van der Waals surface area contributed by atoms with E-state index in [-0.39, 0.29) is 0 Å². The molecule has 0 bridgehead atoms. The van der Waals surface area contributed by atoms with Crippen LogP contribution in [0.1, 0.15) is 26.7 Å². The lowest BCUT2D eigenvalue weighted by Crippen LogP contribution is -2.50. The van der Waals surface area contributed by atoms with E-state index in [0.29, 0.717) is 11.8 Å². The van der Waals surface area contributed by atoms with Gasteiger partial charge in [0, 0.05) is 33.4 Å². The highest BCUT2D eigenvalue weighted by molar-refractivity contribution is 5.79. The molecule has 0 spiro atoms.